The SMILES string of the molecule is CCOC(C(C)C)C(N)Cc1c(C)nn(C)c1Cl. The van der Waals surface area contributed by atoms with Gasteiger partial charge >= 0.3 is 0 Å². The van der Waals surface area contributed by atoms with Gasteiger partial charge in [0.05, 0.1) is 11.8 Å². The molecule has 0 amide bonds. The first-order chi connectivity index (χ1) is 8.38. The number of nitrogens with zero attached hydrogens (tertiary/aromatic N) is 2. The lowest BCUT2D eigenvalue weighted by Crippen LogP contribution is -2.42. The van der Waals surface area contributed by atoms with Crippen molar-refractivity contribution in [2.75, 3.05) is 6.61 Å². The van der Waals surface area contributed by atoms with E-state index in [9.17, 15) is 0 Å². The molecule has 1 heterocycles. The lowest BCUT2D eigenvalue weighted by molar-refractivity contribution is 0.0127. The van der Waals surface area contributed by atoms with E-state index in [-0.39, 0.29) is 12.1 Å². The molecule has 0 aliphatic carbocycles. The van der Waals surface area contributed by atoms with E-state index in [0.29, 0.717) is 24.1 Å². The van der Waals surface area contributed by atoms with E-state index in [1.54, 1.807) is 4.68 Å². The second-order valence-electron chi connectivity index (χ2n) is 5.01. The van der Waals surface area contributed by atoms with Gasteiger partial charge in [0, 0.05) is 25.3 Å². The largest absolute Gasteiger partial charge is 0.377 e. The molecule has 18 heavy (non-hydrogen) atoms. The van der Waals surface area contributed by atoms with Crippen molar-refractivity contribution in [3.05, 3.63) is 16.4 Å². The maximum absolute atomic E-state index is 6.26. The van der Waals surface area contributed by atoms with E-state index in [1.165, 1.54) is 0 Å². The fourth-order valence-corrected chi connectivity index (χ4v) is 2.51. The maximum Gasteiger partial charge on any atom is 0.130 e. The van der Waals surface area contributed by atoms with E-state index in [4.69, 9.17) is 22.1 Å². The first-order valence-corrected chi connectivity index (χ1v) is 6.81. The minimum Gasteiger partial charge on any atom is -0.377 e. The van der Waals surface area contributed by atoms with Crippen LogP contribution in [0.1, 0.15) is 32.0 Å². The van der Waals surface area contributed by atoms with Gasteiger partial charge in [0.1, 0.15) is 5.15 Å². The standard InChI is InChI=1S/C13H24ClN3O/c1-6-18-12(8(2)3)11(15)7-10-9(4)16-17(5)13(10)14/h8,11-12H,6-7,15H2,1-5H3. The van der Waals surface area contributed by atoms with Crippen molar-refractivity contribution in [3.63, 3.8) is 0 Å². The Labute approximate surface area is 114 Å². The van der Waals surface area contributed by atoms with Crippen LogP contribution in [0.15, 0.2) is 0 Å². The molecule has 0 saturated heterocycles. The fraction of sp³-hybridized carbons (Fsp3) is 0.769. The van der Waals surface area contributed by atoms with Crippen LogP contribution in [-0.2, 0) is 18.2 Å². The van der Waals surface area contributed by atoms with Crippen LogP contribution in [0.3, 0.4) is 0 Å². The van der Waals surface area contributed by atoms with Gasteiger partial charge in [-0.05, 0) is 26.2 Å². The Balaban J connectivity index is 2.82. The summed E-state index contributed by atoms with van der Waals surface area (Å²) in [7, 11) is 1.84. The lowest BCUT2D eigenvalue weighted by atomic mass is 9.95. The first-order valence-electron chi connectivity index (χ1n) is 6.43. The van der Waals surface area contributed by atoms with Crippen molar-refractivity contribution < 1.29 is 4.74 Å². The predicted molar refractivity (Wildman–Crippen MR) is 74.9 cm³/mol. The molecule has 0 aliphatic heterocycles. The topological polar surface area (TPSA) is 53.1 Å². The highest BCUT2D eigenvalue weighted by Crippen LogP contribution is 2.22. The zero-order valence-electron chi connectivity index (χ0n) is 11.9. The van der Waals surface area contributed by atoms with Crippen LogP contribution in [0, 0.1) is 12.8 Å². The van der Waals surface area contributed by atoms with Crippen molar-refractivity contribution in [1.29, 1.82) is 0 Å². The minimum absolute atomic E-state index is 0.0469. The molecule has 0 aliphatic rings. The molecule has 0 aromatic carbocycles. The molecule has 0 fully saturated rings. The van der Waals surface area contributed by atoms with Crippen LogP contribution in [0.5, 0.6) is 0 Å². The number of halogens is 1. The molecular formula is C13H24ClN3O. The van der Waals surface area contributed by atoms with Gasteiger partial charge in [-0.15, -0.1) is 0 Å². The van der Waals surface area contributed by atoms with Crippen molar-refractivity contribution in [2.45, 2.75) is 46.3 Å². The Kier molecular flexibility index (Phi) is 5.63. The summed E-state index contributed by atoms with van der Waals surface area (Å²) in [6.07, 6.45) is 0.743. The Morgan fingerprint density at radius 1 is 1.44 bits per heavy atom. The molecule has 2 atom stereocenters. The Morgan fingerprint density at radius 3 is 2.44 bits per heavy atom. The van der Waals surface area contributed by atoms with Crippen LogP contribution < -0.4 is 5.73 Å². The Morgan fingerprint density at radius 2 is 2.06 bits per heavy atom. The quantitative estimate of drug-likeness (QED) is 0.865. The molecule has 104 valence electrons. The van der Waals surface area contributed by atoms with E-state index in [2.05, 4.69) is 18.9 Å². The average Bonchev–Trinajstić information content (AvgIpc) is 2.52. The monoisotopic (exact) mass is 273 g/mol. The number of aromatic nitrogens is 2. The van der Waals surface area contributed by atoms with Gasteiger partial charge in [0.25, 0.3) is 0 Å². The number of hydrogen-bond donors (Lipinski definition) is 1. The molecule has 1 rings (SSSR count). The zero-order chi connectivity index (χ0) is 13.9. The number of rotatable bonds is 6. The minimum atomic E-state index is -0.0645. The van der Waals surface area contributed by atoms with E-state index < -0.39 is 0 Å². The third-order valence-corrected chi connectivity index (χ3v) is 3.62. The summed E-state index contributed by atoms with van der Waals surface area (Å²) in [5.74, 6) is 0.385. The van der Waals surface area contributed by atoms with Crippen LogP contribution in [0.2, 0.25) is 5.15 Å². The molecule has 0 bridgehead atoms. The van der Waals surface area contributed by atoms with Crippen molar-refractivity contribution in [2.24, 2.45) is 18.7 Å². The number of aryl methyl sites for hydroxylation is 2. The highest BCUT2D eigenvalue weighted by molar-refractivity contribution is 6.30. The van der Waals surface area contributed by atoms with Crippen molar-refractivity contribution in [1.82, 2.24) is 9.78 Å². The smallest absolute Gasteiger partial charge is 0.130 e. The summed E-state index contributed by atoms with van der Waals surface area (Å²) in [4.78, 5) is 0. The number of nitrogens with two attached hydrogens (primary N) is 1. The van der Waals surface area contributed by atoms with Gasteiger partial charge in [-0.3, -0.25) is 4.68 Å². The lowest BCUT2D eigenvalue weighted by Gasteiger charge is -2.27. The number of hydrogen-bond acceptors (Lipinski definition) is 3. The van der Waals surface area contributed by atoms with Crippen LogP contribution >= 0.6 is 11.6 Å². The molecule has 2 unspecified atom stereocenters. The summed E-state index contributed by atoms with van der Waals surface area (Å²) in [5.41, 5.74) is 8.23. The fourth-order valence-electron chi connectivity index (χ4n) is 2.26. The third kappa shape index (κ3) is 3.46. The summed E-state index contributed by atoms with van der Waals surface area (Å²) < 4.78 is 7.41. The van der Waals surface area contributed by atoms with Crippen molar-refractivity contribution >= 4 is 11.6 Å². The Hall–Kier alpha value is -0.580. The van der Waals surface area contributed by atoms with E-state index >= 15 is 0 Å². The molecule has 1 aromatic rings. The van der Waals surface area contributed by atoms with E-state index in [0.717, 1.165) is 11.3 Å². The zero-order valence-corrected chi connectivity index (χ0v) is 12.7. The highest BCUT2D eigenvalue weighted by atomic mass is 35.5. The van der Waals surface area contributed by atoms with Gasteiger partial charge in [-0.2, -0.15) is 5.10 Å². The third-order valence-electron chi connectivity index (χ3n) is 3.15. The molecular weight excluding hydrogens is 250 g/mol. The number of ether oxygens (including phenoxy) is 1. The highest BCUT2D eigenvalue weighted by Gasteiger charge is 2.24. The molecule has 0 radical (unpaired) electrons. The van der Waals surface area contributed by atoms with Crippen LogP contribution in [-0.4, -0.2) is 28.5 Å². The predicted octanol–water partition coefficient (Wildman–Crippen LogP) is 2.31. The van der Waals surface area contributed by atoms with Gasteiger partial charge < -0.3 is 10.5 Å². The average molecular weight is 274 g/mol. The summed E-state index contributed by atoms with van der Waals surface area (Å²) >= 11 is 6.22. The molecule has 0 spiro atoms. The molecule has 0 saturated carbocycles. The van der Waals surface area contributed by atoms with Gasteiger partial charge in [-0.25, -0.2) is 0 Å². The molecule has 4 nitrogen and oxygen atoms in total. The van der Waals surface area contributed by atoms with Gasteiger partial charge in [0.15, 0.2) is 0 Å². The van der Waals surface area contributed by atoms with Gasteiger partial charge in [0.2, 0.25) is 0 Å². The summed E-state index contributed by atoms with van der Waals surface area (Å²) in [5, 5.41) is 4.97. The molecule has 1 aromatic heterocycles. The van der Waals surface area contributed by atoms with Crippen molar-refractivity contribution in [3.8, 4) is 0 Å². The molecule has 2 N–H and O–H groups in total. The first kappa shape index (κ1) is 15.5. The van der Waals surface area contributed by atoms with Crippen LogP contribution in [0.25, 0.3) is 0 Å². The van der Waals surface area contributed by atoms with E-state index in [1.807, 2.05) is 20.9 Å². The molecule has 5 heteroatoms. The Bertz CT molecular complexity index is 390. The second kappa shape index (κ2) is 6.55. The maximum atomic E-state index is 6.26. The summed E-state index contributed by atoms with van der Waals surface area (Å²) in [6, 6.07) is -0.0645. The van der Waals surface area contributed by atoms with Crippen LogP contribution in [0.4, 0.5) is 0 Å². The summed E-state index contributed by atoms with van der Waals surface area (Å²) in [6.45, 7) is 8.87. The second-order valence-corrected chi connectivity index (χ2v) is 5.37. The van der Waals surface area contributed by atoms with Gasteiger partial charge in [-0.1, -0.05) is 25.4 Å². The normalized spacial score (nSPS) is 15.1.